The van der Waals surface area contributed by atoms with Gasteiger partial charge in [0.25, 0.3) is 5.69 Å². The van der Waals surface area contributed by atoms with E-state index >= 15 is 0 Å². The lowest BCUT2D eigenvalue weighted by molar-refractivity contribution is -0.384. The number of nitro benzene ring substituents is 1. The molecule has 0 radical (unpaired) electrons. The predicted octanol–water partition coefficient (Wildman–Crippen LogP) is 4.48. The maximum Gasteiger partial charge on any atom is 0.269 e. The number of hydrogen-bond acceptors (Lipinski definition) is 4. The zero-order valence-electron chi connectivity index (χ0n) is 13.3. The molecule has 24 heavy (non-hydrogen) atoms. The van der Waals surface area contributed by atoms with Crippen molar-refractivity contribution in [2.45, 2.75) is 19.1 Å². The summed E-state index contributed by atoms with van der Waals surface area (Å²) in [5, 5.41) is 13.2. The van der Waals surface area contributed by atoms with Crippen molar-refractivity contribution in [2.24, 2.45) is 0 Å². The average molecular weight is 348 g/mol. The summed E-state index contributed by atoms with van der Waals surface area (Å²) < 4.78 is 13.7. The normalized spacial score (nSPS) is 11.8. The van der Waals surface area contributed by atoms with Crippen LogP contribution in [-0.4, -0.2) is 16.6 Å². The highest BCUT2D eigenvalue weighted by Gasteiger charge is 2.14. The van der Waals surface area contributed by atoms with E-state index in [1.165, 1.54) is 36.0 Å². The van der Waals surface area contributed by atoms with Crippen LogP contribution in [0.5, 0.6) is 0 Å². The van der Waals surface area contributed by atoms with Crippen LogP contribution >= 0.6 is 11.8 Å². The number of rotatable bonds is 6. The molecule has 7 heteroatoms. The van der Waals surface area contributed by atoms with Gasteiger partial charge in [-0.15, -0.1) is 11.8 Å². The molecule has 126 valence electrons. The lowest BCUT2D eigenvalue weighted by atomic mass is 10.1. The Morgan fingerprint density at radius 3 is 2.75 bits per heavy atom. The van der Waals surface area contributed by atoms with Crippen LogP contribution < -0.4 is 5.32 Å². The summed E-state index contributed by atoms with van der Waals surface area (Å²) >= 11 is 1.33. The van der Waals surface area contributed by atoms with E-state index in [1.807, 2.05) is 6.92 Å². The van der Waals surface area contributed by atoms with Crippen molar-refractivity contribution < 1.29 is 14.1 Å². The number of benzene rings is 2. The smallest absolute Gasteiger partial charge is 0.269 e. The molecule has 2 rings (SSSR count). The molecule has 5 nitrogen and oxygen atoms in total. The number of nitrogens with one attached hydrogen (secondary N) is 1. The minimum Gasteiger partial charge on any atom is -0.323 e. The minimum absolute atomic E-state index is 0.0196. The monoisotopic (exact) mass is 348 g/mol. The van der Waals surface area contributed by atoms with E-state index in [-0.39, 0.29) is 28.3 Å². The summed E-state index contributed by atoms with van der Waals surface area (Å²) in [4.78, 5) is 22.3. The van der Waals surface area contributed by atoms with Crippen LogP contribution in [0.25, 0.3) is 0 Å². The molecule has 0 aliphatic rings. The van der Waals surface area contributed by atoms with E-state index in [4.69, 9.17) is 0 Å². The zero-order valence-corrected chi connectivity index (χ0v) is 14.1. The van der Waals surface area contributed by atoms with Gasteiger partial charge in [-0.05, 0) is 37.1 Å². The first-order valence-electron chi connectivity index (χ1n) is 7.29. The number of carbonyl (C=O) groups excluding carboxylic acids is 1. The van der Waals surface area contributed by atoms with Crippen molar-refractivity contribution in [3.05, 3.63) is 69.5 Å². The lowest BCUT2D eigenvalue weighted by Crippen LogP contribution is -2.15. The molecular formula is C17H17FN2O3S. The fourth-order valence-corrected chi connectivity index (χ4v) is 2.91. The van der Waals surface area contributed by atoms with Crippen molar-refractivity contribution in [2.75, 3.05) is 11.1 Å². The van der Waals surface area contributed by atoms with Crippen molar-refractivity contribution in [1.29, 1.82) is 0 Å². The summed E-state index contributed by atoms with van der Waals surface area (Å²) in [5.41, 5.74) is 1.71. The molecule has 1 atom stereocenters. The number of anilines is 1. The van der Waals surface area contributed by atoms with Gasteiger partial charge in [-0.1, -0.05) is 18.2 Å². The van der Waals surface area contributed by atoms with Gasteiger partial charge in [0.05, 0.1) is 16.4 Å². The summed E-state index contributed by atoms with van der Waals surface area (Å²) in [6.07, 6.45) is 0. The van der Waals surface area contributed by atoms with Gasteiger partial charge in [-0.2, -0.15) is 0 Å². The van der Waals surface area contributed by atoms with Crippen LogP contribution in [-0.2, 0) is 4.79 Å². The quantitative estimate of drug-likeness (QED) is 0.617. The second-order valence-electron chi connectivity index (χ2n) is 5.34. The average Bonchev–Trinajstić information content (AvgIpc) is 2.55. The van der Waals surface area contributed by atoms with Crippen LogP contribution in [0.2, 0.25) is 0 Å². The Morgan fingerprint density at radius 1 is 1.33 bits per heavy atom. The minimum atomic E-state index is -0.472. The number of aryl methyl sites for hydroxylation is 1. The standard InChI is InChI=1S/C17H17FN2O3S/c1-11-6-7-16(15(18)8-11)19-17(21)10-24-12(2)13-4-3-5-14(9-13)20(22)23/h3-9,12H,10H2,1-2H3,(H,19,21)/t12-/m0/s1. The number of hydrogen-bond donors (Lipinski definition) is 1. The van der Waals surface area contributed by atoms with Crippen molar-refractivity contribution in [3.63, 3.8) is 0 Å². The highest BCUT2D eigenvalue weighted by Crippen LogP contribution is 2.30. The van der Waals surface area contributed by atoms with E-state index in [9.17, 15) is 19.3 Å². The maximum absolute atomic E-state index is 13.7. The molecule has 2 aromatic carbocycles. The highest BCUT2D eigenvalue weighted by atomic mass is 32.2. The topological polar surface area (TPSA) is 72.2 Å². The second kappa shape index (κ2) is 7.92. The third-order valence-electron chi connectivity index (χ3n) is 3.41. The van der Waals surface area contributed by atoms with E-state index in [0.717, 1.165) is 11.1 Å². The first-order chi connectivity index (χ1) is 11.4. The van der Waals surface area contributed by atoms with Gasteiger partial charge in [0.2, 0.25) is 5.91 Å². The second-order valence-corrected chi connectivity index (χ2v) is 6.67. The number of carbonyl (C=O) groups is 1. The highest BCUT2D eigenvalue weighted by molar-refractivity contribution is 8.00. The summed E-state index contributed by atoms with van der Waals surface area (Å²) in [5.74, 6) is -0.669. The Morgan fingerprint density at radius 2 is 2.08 bits per heavy atom. The molecule has 0 heterocycles. The molecule has 0 aromatic heterocycles. The van der Waals surface area contributed by atoms with Gasteiger partial charge in [0.15, 0.2) is 0 Å². The number of nitrogens with zero attached hydrogens (tertiary/aromatic N) is 1. The summed E-state index contributed by atoms with van der Waals surface area (Å²) in [6, 6.07) is 10.9. The summed E-state index contributed by atoms with van der Waals surface area (Å²) in [7, 11) is 0. The number of halogens is 1. The number of non-ortho nitro benzene ring substituents is 1. The molecule has 0 saturated heterocycles. The Balaban J connectivity index is 1.93. The van der Waals surface area contributed by atoms with Crippen LogP contribution in [0.15, 0.2) is 42.5 Å². The van der Waals surface area contributed by atoms with E-state index in [1.54, 1.807) is 25.1 Å². The maximum atomic E-state index is 13.7. The van der Waals surface area contributed by atoms with E-state index < -0.39 is 10.7 Å². The number of nitro groups is 1. The molecule has 0 fully saturated rings. The van der Waals surface area contributed by atoms with Gasteiger partial charge in [-0.3, -0.25) is 14.9 Å². The molecule has 0 saturated carbocycles. The van der Waals surface area contributed by atoms with Crippen molar-refractivity contribution in [1.82, 2.24) is 0 Å². The molecule has 1 amide bonds. The molecule has 0 unspecified atom stereocenters. The molecule has 0 spiro atoms. The van der Waals surface area contributed by atoms with Crippen LogP contribution in [0.3, 0.4) is 0 Å². The SMILES string of the molecule is Cc1ccc(NC(=O)CS[C@@H](C)c2cccc([N+](=O)[O-])c2)c(F)c1. The lowest BCUT2D eigenvalue weighted by Gasteiger charge is -2.12. The molecular weight excluding hydrogens is 331 g/mol. The summed E-state index contributed by atoms with van der Waals surface area (Å²) in [6.45, 7) is 3.63. The van der Waals surface area contributed by atoms with E-state index in [2.05, 4.69) is 5.32 Å². The third-order valence-corrected chi connectivity index (χ3v) is 4.61. The molecule has 0 aliphatic heterocycles. The van der Waals surface area contributed by atoms with Gasteiger partial charge in [0, 0.05) is 17.4 Å². The number of amides is 1. The molecule has 0 aliphatic carbocycles. The van der Waals surface area contributed by atoms with Crippen LogP contribution in [0.4, 0.5) is 15.8 Å². The van der Waals surface area contributed by atoms with E-state index in [0.29, 0.717) is 0 Å². The Bertz CT molecular complexity index is 767. The Kier molecular flexibility index (Phi) is 5.92. The molecule has 1 N–H and O–H groups in total. The Labute approximate surface area is 143 Å². The zero-order chi connectivity index (χ0) is 17.7. The Hall–Kier alpha value is -2.41. The number of thioether (sulfide) groups is 1. The molecule has 2 aromatic rings. The van der Waals surface area contributed by atoms with Gasteiger partial charge >= 0.3 is 0 Å². The van der Waals surface area contributed by atoms with Crippen LogP contribution in [0, 0.1) is 22.9 Å². The van der Waals surface area contributed by atoms with Gasteiger partial charge in [-0.25, -0.2) is 4.39 Å². The first-order valence-corrected chi connectivity index (χ1v) is 8.33. The first kappa shape index (κ1) is 17.9. The van der Waals surface area contributed by atoms with Crippen molar-refractivity contribution >= 4 is 29.0 Å². The third kappa shape index (κ3) is 4.79. The van der Waals surface area contributed by atoms with Crippen LogP contribution in [0.1, 0.15) is 23.3 Å². The van der Waals surface area contributed by atoms with Crippen molar-refractivity contribution in [3.8, 4) is 0 Å². The van der Waals surface area contributed by atoms with Gasteiger partial charge in [0.1, 0.15) is 5.82 Å². The molecule has 0 bridgehead atoms. The fourth-order valence-electron chi connectivity index (χ4n) is 2.10. The predicted molar refractivity (Wildman–Crippen MR) is 93.7 cm³/mol. The van der Waals surface area contributed by atoms with Gasteiger partial charge < -0.3 is 5.32 Å². The fraction of sp³-hybridized carbons (Fsp3) is 0.235. The largest absolute Gasteiger partial charge is 0.323 e.